The van der Waals surface area contributed by atoms with E-state index in [0.717, 1.165) is 13.0 Å². The van der Waals surface area contributed by atoms with E-state index in [-0.39, 0.29) is 18.9 Å². The van der Waals surface area contributed by atoms with E-state index in [1.165, 1.54) is 23.8 Å². The zero-order valence-corrected chi connectivity index (χ0v) is 17.8. The standard InChI is InChI=1S/C19H27ClN4O3S/c1-3-4-5-6-13(2)12-21-18(28)23-22-17(25)9-10-24-15-8-7-14(20)11-16(15)27-19(24)26/h7-8,11,13H,3-6,9-10,12H2,1-2H3,(H,22,25)(H2,21,23,28)/t13-/m1/s1. The number of thiocarbonyl (C=S) groups is 1. The Labute approximate surface area is 174 Å². The van der Waals surface area contributed by atoms with Gasteiger partial charge in [-0.2, -0.15) is 0 Å². The van der Waals surface area contributed by atoms with E-state index in [2.05, 4.69) is 30.0 Å². The Morgan fingerprint density at radius 1 is 1.32 bits per heavy atom. The van der Waals surface area contributed by atoms with Crippen LogP contribution in [-0.2, 0) is 11.3 Å². The van der Waals surface area contributed by atoms with E-state index in [9.17, 15) is 9.59 Å². The molecule has 0 bridgehead atoms. The van der Waals surface area contributed by atoms with Gasteiger partial charge < -0.3 is 9.73 Å². The molecule has 154 valence electrons. The molecule has 0 saturated heterocycles. The molecule has 7 nitrogen and oxygen atoms in total. The van der Waals surface area contributed by atoms with Gasteiger partial charge in [-0.15, -0.1) is 0 Å². The number of hydrogen-bond acceptors (Lipinski definition) is 4. The van der Waals surface area contributed by atoms with Crippen LogP contribution in [0.25, 0.3) is 11.1 Å². The number of nitrogens with zero attached hydrogens (tertiary/aromatic N) is 1. The SMILES string of the molecule is CCCCC[C@@H](C)CNC(=S)NNC(=O)CCn1c(=O)oc2cc(Cl)ccc21. The van der Waals surface area contributed by atoms with Crippen LogP contribution in [0.3, 0.4) is 0 Å². The molecule has 1 heterocycles. The number of benzene rings is 1. The highest BCUT2D eigenvalue weighted by Crippen LogP contribution is 2.18. The van der Waals surface area contributed by atoms with Crippen LogP contribution in [0.4, 0.5) is 0 Å². The molecule has 9 heteroatoms. The lowest BCUT2D eigenvalue weighted by Gasteiger charge is -2.15. The van der Waals surface area contributed by atoms with Gasteiger partial charge in [0.2, 0.25) is 5.91 Å². The van der Waals surface area contributed by atoms with Crippen molar-refractivity contribution in [2.75, 3.05) is 6.54 Å². The number of aromatic nitrogens is 1. The molecule has 0 aliphatic heterocycles. The van der Waals surface area contributed by atoms with Crippen LogP contribution in [0.1, 0.15) is 46.0 Å². The summed E-state index contributed by atoms with van der Waals surface area (Å²) in [7, 11) is 0. The Kier molecular flexibility index (Phi) is 8.79. The van der Waals surface area contributed by atoms with E-state index in [0.29, 0.717) is 27.2 Å². The molecule has 0 fully saturated rings. The van der Waals surface area contributed by atoms with Crippen molar-refractivity contribution in [2.45, 2.75) is 52.5 Å². The summed E-state index contributed by atoms with van der Waals surface area (Å²) in [4.78, 5) is 24.0. The number of fused-ring (bicyclic) bond motifs is 1. The predicted molar refractivity (Wildman–Crippen MR) is 115 cm³/mol. The smallest absolute Gasteiger partial charge is 0.408 e. The van der Waals surface area contributed by atoms with Gasteiger partial charge in [0.15, 0.2) is 10.7 Å². The fraction of sp³-hybridized carbons (Fsp3) is 0.526. The average molecular weight is 427 g/mol. The molecule has 0 saturated carbocycles. The minimum absolute atomic E-state index is 0.0974. The quantitative estimate of drug-likeness (QED) is 0.324. The van der Waals surface area contributed by atoms with Crippen LogP contribution >= 0.6 is 23.8 Å². The summed E-state index contributed by atoms with van der Waals surface area (Å²) in [6.45, 7) is 5.30. The highest BCUT2D eigenvalue weighted by molar-refractivity contribution is 7.80. The van der Waals surface area contributed by atoms with Crippen molar-refractivity contribution in [3.8, 4) is 0 Å². The predicted octanol–water partition coefficient (Wildman–Crippen LogP) is 3.35. The second-order valence-electron chi connectivity index (χ2n) is 6.87. The van der Waals surface area contributed by atoms with Gasteiger partial charge in [0.1, 0.15) is 0 Å². The van der Waals surface area contributed by atoms with Crippen LogP contribution in [0.2, 0.25) is 5.02 Å². The lowest BCUT2D eigenvalue weighted by molar-refractivity contribution is -0.121. The maximum absolute atomic E-state index is 12.0. The Morgan fingerprint density at radius 2 is 2.11 bits per heavy atom. The Bertz CT molecular complexity index is 864. The van der Waals surface area contributed by atoms with E-state index in [4.69, 9.17) is 28.2 Å². The van der Waals surface area contributed by atoms with E-state index >= 15 is 0 Å². The highest BCUT2D eigenvalue weighted by Gasteiger charge is 2.11. The van der Waals surface area contributed by atoms with Crippen molar-refractivity contribution < 1.29 is 9.21 Å². The third-order valence-corrected chi connectivity index (χ3v) is 4.90. The van der Waals surface area contributed by atoms with Gasteiger partial charge >= 0.3 is 5.76 Å². The molecule has 0 aliphatic rings. The summed E-state index contributed by atoms with van der Waals surface area (Å²) in [5, 5.41) is 3.95. The van der Waals surface area contributed by atoms with Gasteiger partial charge in [-0.1, -0.05) is 44.7 Å². The van der Waals surface area contributed by atoms with E-state index in [1.807, 2.05) is 0 Å². The molecule has 0 unspecified atom stereocenters. The van der Waals surface area contributed by atoms with Gasteiger partial charge in [0.05, 0.1) is 5.52 Å². The van der Waals surface area contributed by atoms with Crippen LogP contribution in [0.5, 0.6) is 0 Å². The number of oxazole rings is 1. The lowest BCUT2D eigenvalue weighted by atomic mass is 10.0. The molecule has 2 rings (SSSR count). The summed E-state index contributed by atoms with van der Waals surface area (Å²) in [5.41, 5.74) is 6.22. The molecule has 0 spiro atoms. The molecule has 1 atom stereocenters. The fourth-order valence-corrected chi connectivity index (χ4v) is 3.11. The van der Waals surface area contributed by atoms with Crippen molar-refractivity contribution in [3.05, 3.63) is 33.8 Å². The fourth-order valence-electron chi connectivity index (χ4n) is 2.81. The molecule has 0 radical (unpaired) electrons. The van der Waals surface area contributed by atoms with Gasteiger partial charge in [-0.05, 0) is 36.7 Å². The van der Waals surface area contributed by atoms with Gasteiger partial charge in [0.25, 0.3) is 0 Å². The molecule has 1 aromatic carbocycles. The molecular formula is C19H27ClN4O3S. The molecule has 3 N–H and O–H groups in total. The first-order valence-corrected chi connectivity index (χ1v) is 10.3. The number of hydrogen-bond donors (Lipinski definition) is 3. The number of halogens is 1. The van der Waals surface area contributed by atoms with Crippen LogP contribution < -0.4 is 21.9 Å². The largest absolute Gasteiger partial charge is 0.419 e. The van der Waals surface area contributed by atoms with Gasteiger partial charge in [-0.3, -0.25) is 20.2 Å². The van der Waals surface area contributed by atoms with Gasteiger partial charge in [-0.25, -0.2) is 4.79 Å². The third kappa shape index (κ3) is 6.83. The molecule has 0 aliphatic carbocycles. The Morgan fingerprint density at radius 3 is 2.86 bits per heavy atom. The van der Waals surface area contributed by atoms with Crippen LogP contribution in [0.15, 0.2) is 27.4 Å². The van der Waals surface area contributed by atoms with E-state index < -0.39 is 5.76 Å². The number of carbonyl (C=O) groups excluding carboxylic acids is 1. The summed E-state index contributed by atoms with van der Waals surface area (Å²) in [6.07, 6.45) is 4.91. The highest BCUT2D eigenvalue weighted by atomic mass is 35.5. The second-order valence-corrected chi connectivity index (χ2v) is 7.71. The van der Waals surface area contributed by atoms with Crippen molar-refractivity contribution in [3.63, 3.8) is 0 Å². The zero-order chi connectivity index (χ0) is 20.5. The average Bonchev–Trinajstić information content (AvgIpc) is 2.97. The summed E-state index contributed by atoms with van der Waals surface area (Å²) in [5.74, 6) is -0.292. The number of aryl methyl sites for hydroxylation is 1. The number of unbranched alkanes of at least 4 members (excludes halogenated alkanes) is 2. The van der Waals surface area contributed by atoms with Crippen molar-refractivity contribution in [2.24, 2.45) is 5.92 Å². The minimum Gasteiger partial charge on any atom is -0.408 e. The number of carbonyl (C=O) groups is 1. The van der Waals surface area contributed by atoms with Gasteiger partial charge in [0, 0.05) is 30.6 Å². The third-order valence-electron chi connectivity index (χ3n) is 4.42. The molecular weight excluding hydrogens is 400 g/mol. The molecule has 1 aromatic heterocycles. The summed E-state index contributed by atoms with van der Waals surface area (Å²) < 4.78 is 6.55. The maximum atomic E-state index is 12.0. The number of amides is 1. The first kappa shape index (κ1) is 22.2. The number of rotatable bonds is 9. The van der Waals surface area contributed by atoms with Crippen LogP contribution in [-0.4, -0.2) is 22.1 Å². The number of hydrazine groups is 1. The minimum atomic E-state index is -0.521. The second kappa shape index (κ2) is 11.1. The van der Waals surface area contributed by atoms with Crippen LogP contribution in [0, 0.1) is 5.92 Å². The van der Waals surface area contributed by atoms with Crippen molar-refractivity contribution in [1.82, 2.24) is 20.7 Å². The lowest BCUT2D eigenvalue weighted by Crippen LogP contribution is -2.47. The first-order chi connectivity index (χ1) is 13.4. The Balaban J connectivity index is 1.72. The van der Waals surface area contributed by atoms with Crippen molar-refractivity contribution >= 4 is 45.9 Å². The maximum Gasteiger partial charge on any atom is 0.419 e. The summed E-state index contributed by atoms with van der Waals surface area (Å²) >= 11 is 11.1. The topological polar surface area (TPSA) is 88.3 Å². The normalized spacial score (nSPS) is 12.0. The molecule has 28 heavy (non-hydrogen) atoms. The number of nitrogens with one attached hydrogen (secondary N) is 3. The zero-order valence-electron chi connectivity index (χ0n) is 16.2. The Hall–Kier alpha value is -2.06. The molecule has 2 aromatic rings. The van der Waals surface area contributed by atoms with Crippen molar-refractivity contribution in [1.29, 1.82) is 0 Å². The molecule has 1 amide bonds. The monoisotopic (exact) mass is 426 g/mol. The first-order valence-electron chi connectivity index (χ1n) is 9.52. The summed E-state index contributed by atoms with van der Waals surface area (Å²) in [6, 6.07) is 4.94. The van der Waals surface area contributed by atoms with E-state index in [1.54, 1.807) is 18.2 Å².